The summed E-state index contributed by atoms with van der Waals surface area (Å²) in [6.07, 6.45) is 0.206. The van der Waals surface area contributed by atoms with Crippen LogP contribution in [-0.2, 0) is 11.2 Å². The van der Waals surface area contributed by atoms with Crippen LogP contribution in [0.4, 0.5) is 17.1 Å². The lowest BCUT2D eigenvalue weighted by Gasteiger charge is -2.15. The molecule has 0 fully saturated rings. The van der Waals surface area contributed by atoms with Crippen molar-refractivity contribution < 1.29 is 9.72 Å². The summed E-state index contributed by atoms with van der Waals surface area (Å²) in [5.41, 5.74) is 1.83. The van der Waals surface area contributed by atoms with Gasteiger partial charge in [0, 0.05) is 23.5 Å². The summed E-state index contributed by atoms with van der Waals surface area (Å²) < 4.78 is 0. The first kappa shape index (κ1) is 14.6. The molecule has 0 aliphatic carbocycles. The van der Waals surface area contributed by atoms with Crippen LogP contribution in [0.2, 0.25) is 0 Å². The Kier molecular flexibility index (Phi) is 4.49. The van der Waals surface area contributed by atoms with Gasteiger partial charge in [0.1, 0.15) is 5.69 Å². The molecule has 6 nitrogen and oxygen atoms in total. The van der Waals surface area contributed by atoms with E-state index >= 15 is 0 Å². The Balaban J connectivity index is 2.25. The van der Waals surface area contributed by atoms with Crippen LogP contribution in [0, 0.1) is 10.1 Å². The van der Waals surface area contributed by atoms with E-state index in [0.29, 0.717) is 16.9 Å². The molecule has 2 N–H and O–H groups in total. The van der Waals surface area contributed by atoms with E-state index < -0.39 is 4.92 Å². The zero-order chi connectivity index (χ0) is 14.7. The molecule has 108 valence electrons. The van der Waals surface area contributed by atoms with Crippen LogP contribution >= 0.6 is 11.8 Å². The van der Waals surface area contributed by atoms with E-state index in [-0.39, 0.29) is 24.1 Å². The number of benzene rings is 1. The highest BCUT2D eigenvalue weighted by Gasteiger charge is 2.25. The number of nitro benzene ring substituents is 1. The van der Waals surface area contributed by atoms with Crippen LogP contribution in [0.25, 0.3) is 0 Å². The van der Waals surface area contributed by atoms with Gasteiger partial charge in [0.25, 0.3) is 5.69 Å². The molecule has 0 radical (unpaired) electrons. The van der Waals surface area contributed by atoms with Crippen molar-refractivity contribution >= 4 is 34.7 Å². The zero-order valence-electron chi connectivity index (χ0n) is 11.4. The fraction of sp³-hybridized carbons (Fsp3) is 0.462. The first-order valence-electron chi connectivity index (χ1n) is 6.46. The summed E-state index contributed by atoms with van der Waals surface area (Å²) in [6.45, 7) is 4.06. The van der Waals surface area contributed by atoms with Crippen molar-refractivity contribution in [3.63, 3.8) is 0 Å². The molecule has 1 aliphatic heterocycles. The number of nitro groups is 1. The molecule has 1 heterocycles. The number of rotatable bonds is 6. The third-order valence-electron chi connectivity index (χ3n) is 3.02. The lowest BCUT2D eigenvalue weighted by Crippen LogP contribution is -2.19. The standard InChI is InChI=1S/C13H17N3O3S/c1-3-20-7-8(2)14-11-6-10-9(5-13(17)15-10)4-12(11)16(18)19/h4,6,8,14H,3,5,7H2,1-2H3,(H,15,17). The number of hydrogen-bond donors (Lipinski definition) is 2. The molecule has 7 heteroatoms. The number of amides is 1. The van der Waals surface area contributed by atoms with Gasteiger partial charge >= 0.3 is 0 Å². The summed E-state index contributed by atoms with van der Waals surface area (Å²) in [4.78, 5) is 22.1. The van der Waals surface area contributed by atoms with Crippen molar-refractivity contribution in [3.05, 3.63) is 27.8 Å². The number of nitrogens with one attached hydrogen (secondary N) is 2. The highest BCUT2D eigenvalue weighted by Crippen LogP contribution is 2.34. The minimum absolute atomic E-state index is 0.0219. The molecule has 1 aromatic rings. The Morgan fingerprint density at radius 3 is 2.95 bits per heavy atom. The smallest absolute Gasteiger partial charge is 0.292 e. The Morgan fingerprint density at radius 1 is 1.55 bits per heavy atom. The number of anilines is 2. The molecule has 1 unspecified atom stereocenters. The van der Waals surface area contributed by atoms with E-state index in [2.05, 4.69) is 17.6 Å². The Morgan fingerprint density at radius 2 is 2.30 bits per heavy atom. The molecule has 1 amide bonds. The van der Waals surface area contributed by atoms with Crippen molar-refractivity contribution in [1.82, 2.24) is 0 Å². The molecular formula is C13H17N3O3S. The molecule has 0 saturated heterocycles. The first-order chi connectivity index (χ1) is 9.51. The van der Waals surface area contributed by atoms with Crippen LogP contribution in [0.3, 0.4) is 0 Å². The molecule has 0 bridgehead atoms. The average molecular weight is 295 g/mol. The van der Waals surface area contributed by atoms with E-state index in [1.165, 1.54) is 6.07 Å². The summed E-state index contributed by atoms with van der Waals surface area (Å²) in [5, 5.41) is 17.0. The monoisotopic (exact) mass is 295 g/mol. The van der Waals surface area contributed by atoms with Gasteiger partial charge in [-0.15, -0.1) is 0 Å². The minimum atomic E-state index is -0.412. The van der Waals surface area contributed by atoms with Crippen LogP contribution in [0.5, 0.6) is 0 Å². The van der Waals surface area contributed by atoms with Gasteiger partial charge in [-0.05, 0) is 24.3 Å². The molecular weight excluding hydrogens is 278 g/mol. The van der Waals surface area contributed by atoms with E-state index in [1.54, 1.807) is 17.8 Å². The van der Waals surface area contributed by atoms with E-state index in [0.717, 1.165) is 11.5 Å². The van der Waals surface area contributed by atoms with Gasteiger partial charge in [0.05, 0.1) is 11.3 Å². The van der Waals surface area contributed by atoms with Gasteiger partial charge < -0.3 is 10.6 Å². The number of carbonyl (C=O) groups excluding carboxylic acids is 1. The van der Waals surface area contributed by atoms with Gasteiger partial charge in [-0.25, -0.2) is 0 Å². The summed E-state index contributed by atoms with van der Waals surface area (Å²) in [7, 11) is 0. The minimum Gasteiger partial charge on any atom is -0.376 e. The quantitative estimate of drug-likeness (QED) is 0.622. The molecule has 0 aromatic heterocycles. The number of nitrogens with zero attached hydrogens (tertiary/aromatic N) is 1. The van der Waals surface area contributed by atoms with Crippen LogP contribution in [0.1, 0.15) is 19.4 Å². The lowest BCUT2D eigenvalue weighted by molar-refractivity contribution is -0.384. The second-order valence-electron chi connectivity index (χ2n) is 4.71. The summed E-state index contributed by atoms with van der Waals surface area (Å²) >= 11 is 1.77. The highest BCUT2D eigenvalue weighted by molar-refractivity contribution is 7.99. The van der Waals surface area contributed by atoms with Crippen molar-refractivity contribution in [2.75, 3.05) is 22.1 Å². The maximum Gasteiger partial charge on any atom is 0.292 e. The predicted molar refractivity (Wildman–Crippen MR) is 81.5 cm³/mol. The molecule has 1 aromatic carbocycles. The van der Waals surface area contributed by atoms with E-state index in [4.69, 9.17) is 0 Å². The molecule has 2 rings (SSSR count). The maximum atomic E-state index is 11.4. The van der Waals surface area contributed by atoms with Gasteiger partial charge in [0.15, 0.2) is 0 Å². The van der Waals surface area contributed by atoms with E-state index in [1.807, 2.05) is 6.92 Å². The first-order valence-corrected chi connectivity index (χ1v) is 7.62. The van der Waals surface area contributed by atoms with Crippen molar-refractivity contribution in [1.29, 1.82) is 0 Å². The highest BCUT2D eigenvalue weighted by atomic mass is 32.2. The number of fused-ring (bicyclic) bond motifs is 1. The second-order valence-corrected chi connectivity index (χ2v) is 6.03. The molecule has 1 atom stereocenters. The molecule has 0 spiro atoms. The van der Waals surface area contributed by atoms with Crippen LogP contribution in [0.15, 0.2) is 12.1 Å². The number of hydrogen-bond acceptors (Lipinski definition) is 5. The normalized spacial score (nSPS) is 14.6. The van der Waals surface area contributed by atoms with Gasteiger partial charge in [-0.3, -0.25) is 14.9 Å². The largest absolute Gasteiger partial charge is 0.376 e. The third kappa shape index (κ3) is 3.22. The fourth-order valence-electron chi connectivity index (χ4n) is 2.13. The Bertz CT molecular complexity index is 548. The van der Waals surface area contributed by atoms with Crippen LogP contribution in [-0.4, -0.2) is 28.4 Å². The van der Waals surface area contributed by atoms with Gasteiger partial charge in [-0.1, -0.05) is 6.92 Å². The number of thioether (sulfide) groups is 1. The van der Waals surface area contributed by atoms with Gasteiger partial charge in [0.2, 0.25) is 5.91 Å². The Labute approximate surface area is 121 Å². The average Bonchev–Trinajstić information content (AvgIpc) is 2.74. The third-order valence-corrected chi connectivity index (χ3v) is 4.16. The Hall–Kier alpha value is -1.76. The zero-order valence-corrected chi connectivity index (χ0v) is 12.3. The van der Waals surface area contributed by atoms with Crippen LogP contribution < -0.4 is 10.6 Å². The molecule has 0 saturated carbocycles. The second kappa shape index (κ2) is 6.13. The summed E-state index contributed by atoms with van der Waals surface area (Å²) in [6, 6.07) is 3.26. The maximum absolute atomic E-state index is 11.4. The van der Waals surface area contributed by atoms with Crippen molar-refractivity contribution in [3.8, 4) is 0 Å². The lowest BCUT2D eigenvalue weighted by atomic mass is 10.1. The molecule has 20 heavy (non-hydrogen) atoms. The molecule has 1 aliphatic rings. The predicted octanol–water partition coefficient (Wildman–Crippen LogP) is 2.64. The SMILES string of the molecule is CCSCC(C)Nc1cc2c(cc1[N+](=O)[O-])CC(=O)N2. The number of carbonyl (C=O) groups is 1. The summed E-state index contributed by atoms with van der Waals surface area (Å²) in [5.74, 6) is 1.76. The topological polar surface area (TPSA) is 84.3 Å². The fourth-order valence-corrected chi connectivity index (χ4v) is 2.80. The van der Waals surface area contributed by atoms with Gasteiger partial charge in [-0.2, -0.15) is 11.8 Å². The van der Waals surface area contributed by atoms with E-state index in [9.17, 15) is 14.9 Å². The van der Waals surface area contributed by atoms with Crippen molar-refractivity contribution in [2.24, 2.45) is 0 Å². The van der Waals surface area contributed by atoms with Crippen molar-refractivity contribution in [2.45, 2.75) is 26.3 Å².